The largest absolute Gasteiger partial charge is 0.356 e. The summed E-state index contributed by atoms with van der Waals surface area (Å²) in [7, 11) is 0. The van der Waals surface area contributed by atoms with E-state index in [1.54, 1.807) is 11.3 Å². The number of benzene rings is 1. The van der Waals surface area contributed by atoms with Crippen molar-refractivity contribution in [2.75, 3.05) is 6.54 Å². The first-order chi connectivity index (χ1) is 11.7. The molecule has 0 saturated heterocycles. The molecule has 0 bridgehead atoms. The highest BCUT2D eigenvalue weighted by Crippen LogP contribution is 2.21. The Labute approximate surface area is 144 Å². The van der Waals surface area contributed by atoms with E-state index in [1.807, 2.05) is 23.6 Å². The quantitative estimate of drug-likeness (QED) is 0.715. The van der Waals surface area contributed by atoms with Crippen molar-refractivity contribution in [3.63, 3.8) is 0 Å². The fraction of sp³-hybridized carbons (Fsp3) is 0.278. The van der Waals surface area contributed by atoms with Crippen molar-refractivity contribution in [3.8, 4) is 10.7 Å². The number of rotatable bonds is 7. The third-order valence-corrected chi connectivity index (χ3v) is 4.46. The summed E-state index contributed by atoms with van der Waals surface area (Å²) in [4.78, 5) is 17.2. The smallest absolute Gasteiger partial charge is 0.227 e. The summed E-state index contributed by atoms with van der Waals surface area (Å²) in [5.74, 6) is 1.07. The van der Waals surface area contributed by atoms with Gasteiger partial charge >= 0.3 is 0 Å². The Kier molecular flexibility index (Phi) is 5.38. The molecule has 1 aromatic carbocycles. The van der Waals surface area contributed by atoms with Crippen LogP contribution in [0.5, 0.6) is 0 Å². The van der Waals surface area contributed by atoms with E-state index in [0.717, 1.165) is 11.3 Å². The SMILES string of the molecule is Cc1cccc(CCNC(=O)CCc2nc(-c3cccs3)no2)c1. The maximum atomic E-state index is 11.9. The number of nitrogens with zero attached hydrogens (tertiary/aromatic N) is 2. The number of nitrogens with one attached hydrogen (secondary N) is 1. The lowest BCUT2D eigenvalue weighted by atomic mass is 10.1. The third kappa shape index (κ3) is 4.52. The lowest BCUT2D eigenvalue weighted by molar-refractivity contribution is -0.121. The van der Waals surface area contributed by atoms with Gasteiger partial charge in [-0.3, -0.25) is 4.79 Å². The van der Waals surface area contributed by atoms with Gasteiger partial charge in [-0.05, 0) is 30.4 Å². The van der Waals surface area contributed by atoms with Gasteiger partial charge in [-0.1, -0.05) is 41.1 Å². The molecule has 6 heteroatoms. The molecule has 0 aliphatic carbocycles. The molecule has 1 amide bonds. The fourth-order valence-electron chi connectivity index (χ4n) is 2.39. The Hall–Kier alpha value is -2.47. The highest BCUT2D eigenvalue weighted by molar-refractivity contribution is 7.13. The minimum Gasteiger partial charge on any atom is -0.356 e. The van der Waals surface area contributed by atoms with E-state index in [4.69, 9.17) is 4.52 Å². The van der Waals surface area contributed by atoms with E-state index < -0.39 is 0 Å². The minimum atomic E-state index is -0.00136. The lowest BCUT2D eigenvalue weighted by Gasteiger charge is -2.05. The molecule has 2 heterocycles. The average Bonchev–Trinajstić information content (AvgIpc) is 3.24. The molecule has 0 spiro atoms. The van der Waals surface area contributed by atoms with Crippen LogP contribution < -0.4 is 5.32 Å². The van der Waals surface area contributed by atoms with Gasteiger partial charge in [0, 0.05) is 19.4 Å². The van der Waals surface area contributed by atoms with Gasteiger partial charge in [-0.15, -0.1) is 11.3 Å². The van der Waals surface area contributed by atoms with Crippen molar-refractivity contribution in [2.45, 2.75) is 26.2 Å². The van der Waals surface area contributed by atoms with Gasteiger partial charge in [0.1, 0.15) is 0 Å². The average molecular weight is 341 g/mol. The van der Waals surface area contributed by atoms with Crippen molar-refractivity contribution in [1.82, 2.24) is 15.5 Å². The first-order valence-electron chi connectivity index (χ1n) is 7.89. The molecule has 0 aliphatic heterocycles. The number of thiophene rings is 1. The van der Waals surface area contributed by atoms with Gasteiger partial charge in [-0.2, -0.15) is 4.98 Å². The second kappa shape index (κ2) is 7.88. The molecule has 24 heavy (non-hydrogen) atoms. The van der Waals surface area contributed by atoms with Gasteiger partial charge in [0.2, 0.25) is 17.6 Å². The molecule has 0 saturated carbocycles. The van der Waals surface area contributed by atoms with Gasteiger partial charge in [-0.25, -0.2) is 0 Å². The zero-order chi connectivity index (χ0) is 16.8. The zero-order valence-corrected chi connectivity index (χ0v) is 14.3. The number of hydrogen-bond donors (Lipinski definition) is 1. The fourth-order valence-corrected chi connectivity index (χ4v) is 3.03. The van der Waals surface area contributed by atoms with Crippen LogP contribution in [0.1, 0.15) is 23.4 Å². The van der Waals surface area contributed by atoms with Crippen LogP contribution in [0.15, 0.2) is 46.3 Å². The van der Waals surface area contributed by atoms with Crippen molar-refractivity contribution in [3.05, 3.63) is 58.8 Å². The molecule has 0 atom stereocenters. The van der Waals surface area contributed by atoms with Crippen LogP contribution in [-0.2, 0) is 17.6 Å². The second-order valence-corrected chi connectivity index (χ2v) is 6.53. The first kappa shape index (κ1) is 16.4. The number of carbonyl (C=O) groups excluding carboxylic acids is 1. The van der Waals surface area contributed by atoms with Crippen LogP contribution >= 0.6 is 11.3 Å². The topological polar surface area (TPSA) is 68.0 Å². The predicted octanol–water partition coefficient (Wildman–Crippen LogP) is 3.40. The Morgan fingerprint density at radius 2 is 2.17 bits per heavy atom. The van der Waals surface area contributed by atoms with E-state index in [-0.39, 0.29) is 5.91 Å². The van der Waals surface area contributed by atoms with Crippen LogP contribution in [0.25, 0.3) is 10.7 Å². The van der Waals surface area contributed by atoms with Gasteiger partial charge < -0.3 is 9.84 Å². The van der Waals surface area contributed by atoms with E-state index in [2.05, 4.69) is 40.6 Å². The molecule has 5 nitrogen and oxygen atoms in total. The summed E-state index contributed by atoms with van der Waals surface area (Å²) < 4.78 is 5.19. The van der Waals surface area contributed by atoms with Crippen LogP contribution in [-0.4, -0.2) is 22.6 Å². The molecule has 0 aliphatic rings. The molecule has 3 aromatic rings. The zero-order valence-electron chi connectivity index (χ0n) is 13.5. The number of amides is 1. The maximum absolute atomic E-state index is 11.9. The van der Waals surface area contributed by atoms with Gasteiger partial charge in [0.25, 0.3) is 0 Å². The van der Waals surface area contributed by atoms with Crippen LogP contribution in [0, 0.1) is 6.92 Å². The van der Waals surface area contributed by atoms with E-state index >= 15 is 0 Å². The molecular formula is C18H19N3O2S. The minimum absolute atomic E-state index is 0.00136. The Morgan fingerprint density at radius 3 is 2.96 bits per heavy atom. The summed E-state index contributed by atoms with van der Waals surface area (Å²) in [6, 6.07) is 12.2. The van der Waals surface area contributed by atoms with Crippen LogP contribution in [0.3, 0.4) is 0 Å². The van der Waals surface area contributed by atoms with Crippen LogP contribution in [0.2, 0.25) is 0 Å². The summed E-state index contributed by atoms with van der Waals surface area (Å²) in [6.45, 7) is 2.70. The molecule has 0 fully saturated rings. The molecular weight excluding hydrogens is 322 g/mol. The third-order valence-electron chi connectivity index (χ3n) is 3.59. The predicted molar refractivity (Wildman–Crippen MR) is 93.8 cm³/mol. The van der Waals surface area contributed by atoms with E-state index in [1.165, 1.54) is 11.1 Å². The molecule has 3 rings (SSSR count). The summed E-state index contributed by atoms with van der Waals surface area (Å²) in [5.41, 5.74) is 2.46. The maximum Gasteiger partial charge on any atom is 0.227 e. The Morgan fingerprint density at radius 1 is 1.25 bits per heavy atom. The molecule has 0 radical (unpaired) electrons. The standard InChI is InChI=1S/C18H19N3O2S/c1-13-4-2-5-14(12-13)9-10-19-16(22)7-8-17-20-18(21-23-17)15-6-3-11-24-15/h2-6,11-12H,7-10H2,1H3,(H,19,22). The number of aryl methyl sites for hydroxylation is 2. The monoisotopic (exact) mass is 341 g/mol. The normalized spacial score (nSPS) is 10.7. The van der Waals surface area contributed by atoms with E-state index in [9.17, 15) is 4.79 Å². The van der Waals surface area contributed by atoms with Crippen molar-refractivity contribution in [2.24, 2.45) is 0 Å². The summed E-state index contributed by atoms with van der Waals surface area (Å²) >= 11 is 1.56. The summed E-state index contributed by atoms with van der Waals surface area (Å²) in [6.07, 6.45) is 1.63. The lowest BCUT2D eigenvalue weighted by Crippen LogP contribution is -2.25. The second-order valence-electron chi connectivity index (χ2n) is 5.58. The Balaban J connectivity index is 1.41. The highest BCUT2D eigenvalue weighted by atomic mass is 32.1. The molecule has 0 unspecified atom stereocenters. The number of aromatic nitrogens is 2. The number of hydrogen-bond acceptors (Lipinski definition) is 5. The van der Waals surface area contributed by atoms with E-state index in [0.29, 0.717) is 31.1 Å². The molecule has 1 N–H and O–H groups in total. The van der Waals surface area contributed by atoms with Crippen molar-refractivity contribution in [1.29, 1.82) is 0 Å². The Bertz CT molecular complexity index is 796. The van der Waals surface area contributed by atoms with Crippen LogP contribution in [0.4, 0.5) is 0 Å². The van der Waals surface area contributed by atoms with Gasteiger partial charge in [0.05, 0.1) is 4.88 Å². The van der Waals surface area contributed by atoms with Crippen molar-refractivity contribution < 1.29 is 9.32 Å². The van der Waals surface area contributed by atoms with Crippen molar-refractivity contribution >= 4 is 17.2 Å². The first-order valence-corrected chi connectivity index (χ1v) is 8.77. The molecule has 2 aromatic heterocycles. The number of carbonyl (C=O) groups is 1. The van der Waals surface area contributed by atoms with Gasteiger partial charge in [0.15, 0.2) is 0 Å². The summed E-state index contributed by atoms with van der Waals surface area (Å²) in [5, 5.41) is 8.83. The molecule has 124 valence electrons. The highest BCUT2D eigenvalue weighted by Gasteiger charge is 2.11.